The molecule has 6 aromatic heterocycles. The molecule has 0 unspecified atom stereocenters. The number of aryl methyl sites for hydroxylation is 3. The van der Waals surface area contributed by atoms with Gasteiger partial charge in [-0.1, -0.05) is 361 Å². The van der Waals surface area contributed by atoms with Crippen molar-refractivity contribution in [3.63, 3.8) is 0 Å². The minimum atomic E-state index is -3.03. The topological polar surface area (TPSA) is 129 Å². The van der Waals surface area contributed by atoms with Crippen molar-refractivity contribution in [2.45, 2.75) is 20.7 Å². The van der Waals surface area contributed by atoms with Gasteiger partial charge in [-0.3, -0.25) is 0 Å². The molecule has 15 heteroatoms. The molecule has 0 N–H and O–H groups in total. The second-order valence-electron chi connectivity index (χ2n) is 31.3. The van der Waals surface area contributed by atoms with E-state index in [4.69, 9.17) is 4.11 Å². The molecule has 0 spiro atoms. The Bertz CT molecular complexity index is 6950. The number of nitrogens with zero attached hydrogens (tertiary/aromatic N) is 6. The molecule has 0 bridgehead atoms. The smallest absolute Gasteiger partial charge is 0.153 e. The largest absolute Gasteiger partial charge is 0.310 e. The number of benzene rings is 15. The van der Waals surface area contributed by atoms with Gasteiger partial charge < -0.3 is 43.6 Å². The molecule has 0 saturated carbocycles. The molecular weight excluding hydrogens is 2280 g/mol. The zero-order chi connectivity index (χ0) is 95.2. The summed E-state index contributed by atoms with van der Waals surface area (Å²) in [6.45, 7) is 2.03. The Balaban J connectivity index is 0.000000147. The van der Waals surface area contributed by atoms with Gasteiger partial charge in [0.1, 0.15) is 0 Å². The Labute approximate surface area is 855 Å². The summed E-state index contributed by atoms with van der Waals surface area (Å²) in [4.78, 5) is 26.7. The second-order valence-corrected chi connectivity index (χ2v) is 39.6. The summed E-state index contributed by atoms with van der Waals surface area (Å²) in [5, 5.41) is 7.22. The first-order valence-corrected chi connectivity index (χ1v) is 49.2. The molecule has 0 saturated heterocycles. The standard InChI is InChI=1S/3C29H21NOP.3C12H10N.3Ir/c3*31-32(26-14-6-2-7-15-26,27-16-8-3-9-17-27)28-18-10-13-24(21-28)29-20-19-25(22-30-29)23-11-4-1-5-12-23;1-10-6-5-9-13-12(10)11-7-3-2-4-8-11;1-10-7-8-13-12(9-10)11-5-3-2-4-6-11;1-10-7-8-12(13-9-10)11-5-3-2-4-6-11;;;/h3*1-12,14-22H;2-7,9H,1H3;2*2-5,7-9H,1H3;;;/q6*-1;;;/i;;;;;1D3;;;. The van der Waals surface area contributed by atoms with E-state index in [2.05, 4.69) is 147 Å². The summed E-state index contributed by atoms with van der Waals surface area (Å²) < 4.78 is 65.5. The average molecular weight is 2380 g/mol. The van der Waals surface area contributed by atoms with Crippen LogP contribution in [0.2, 0.25) is 0 Å². The normalized spacial score (nSPS) is 11.0. The van der Waals surface area contributed by atoms with Crippen LogP contribution in [-0.4, -0.2) is 29.9 Å². The zero-order valence-electron chi connectivity index (χ0n) is 78.2. The van der Waals surface area contributed by atoms with Crippen LogP contribution in [0, 0.1) is 57.1 Å². The van der Waals surface area contributed by atoms with Crippen LogP contribution in [0.1, 0.15) is 20.8 Å². The van der Waals surface area contributed by atoms with Crippen molar-refractivity contribution in [2.24, 2.45) is 0 Å². The van der Waals surface area contributed by atoms with E-state index < -0.39 is 28.3 Å². The molecule has 21 rings (SSSR count). The van der Waals surface area contributed by atoms with Crippen molar-refractivity contribution in [1.82, 2.24) is 29.9 Å². The number of hydrogen-bond acceptors (Lipinski definition) is 9. The van der Waals surface area contributed by atoms with E-state index in [1.165, 1.54) is 17.3 Å². The fourth-order valence-corrected chi connectivity index (χ4v) is 23.3. The van der Waals surface area contributed by atoms with Crippen LogP contribution < -0.4 is 47.7 Å². The van der Waals surface area contributed by atoms with Gasteiger partial charge in [0.25, 0.3) is 0 Å². The van der Waals surface area contributed by atoms with Gasteiger partial charge in [0.05, 0.1) is 0 Å². The third kappa shape index (κ3) is 25.8. The molecule has 0 aliphatic heterocycles. The van der Waals surface area contributed by atoms with Gasteiger partial charge in [0, 0.05) is 133 Å². The fraction of sp³-hybridized carbons (Fsp3) is 0.0244. The Morgan fingerprint density at radius 1 is 0.210 bits per heavy atom. The van der Waals surface area contributed by atoms with E-state index in [0.717, 1.165) is 149 Å². The molecule has 0 amide bonds. The second kappa shape index (κ2) is 50.6. The van der Waals surface area contributed by atoms with Crippen LogP contribution in [0.3, 0.4) is 0 Å². The van der Waals surface area contributed by atoms with Crippen molar-refractivity contribution >= 4 is 69.2 Å². The maximum atomic E-state index is 14.6. The van der Waals surface area contributed by atoms with Crippen LogP contribution in [0.25, 0.3) is 101 Å². The maximum Gasteiger partial charge on any atom is 0.153 e. The van der Waals surface area contributed by atoms with Gasteiger partial charge in [0.2, 0.25) is 0 Å². The molecule has 0 fully saturated rings. The molecule has 21 aromatic rings. The van der Waals surface area contributed by atoms with Crippen LogP contribution in [0.15, 0.2) is 510 Å². The van der Waals surface area contributed by atoms with Gasteiger partial charge >= 0.3 is 0 Å². The molecule has 6 heterocycles. The van der Waals surface area contributed by atoms with E-state index in [9.17, 15) is 13.7 Å². The van der Waals surface area contributed by atoms with Crippen LogP contribution in [0.4, 0.5) is 0 Å². The van der Waals surface area contributed by atoms with Gasteiger partial charge in [-0.2, -0.15) is 0 Å². The quantitative estimate of drug-likeness (QED) is 0.0609. The fourth-order valence-electron chi connectivity index (χ4n) is 15.3. The van der Waals surface area contributed by atoms with E-state index in [-0.39, 0.29) is 65.9 Å². The van der Waals surface area contributed by atoms with Crippen molar-refractivity contribution in [1.29, 1.82) is 0 Å². The van der Waals surface area contributed by atoms with Gasteiger partial charge in [-0.05, 0) is 106 Å². The van der Waals surface area contributed by atoms with E-state index in [0.29, 0.717) is 0 Å². The van der Waals surface area contributed by atoms with Crippen LogP contribution >= 0.6 is 21.4 Å². The summed E-state index contributed by atoms with van der Waals surface area (Å²) in [6, 6.07) is 172. The van der Waals surface area contributed by atoms with Crippen molar-refractivity contribution in [2.75, 3.05) is 0 Å². The molecule has 138 heavy (non-hydrogen) atoms. The van der Waals surface area contributed by atoms with E-state index in [1.807, 2.05) is 419 Å². The summed E-state index contributed by atoms with van der Waals surface area (Å²) in [7, 11) is -9.09. The minimum Gasteiger partial charge on any atom is -0.310 e. The first-order valence-electron chi connectivity index (χ1n) is 45.5. The zero-order valence-corrected chi connectivity index (χ0v) is 85.1. The summed E-state index contributed by atoms with van der Waals surface area (Å²) in [6.07, 6.45) is 10.6. The molecule has 9 nitrogen and oxygen atoms in total. The molecule has 15 aromatic carbocycles. The monoisotopic (exact) mass is 2380 g/mol. The summed E-state index contributed by atoms with van der Waals surface area (Å²) >= 11 is 0. The summed E-state index contributed by atoms with van der Waals surface area (Å²) in [5.41, 5.74) is 19.8. The molecule has 0 atom stereocenters. The van der Waals surface area contributed by atoms with Crippen LogP contribution in [0.5, 0.6) is 0 Å². The Morgan fingerprint density at radius 2 is 0.500 bits per heavy atom. The first-order chi connectivity index (χ1) is 67.6. The minimum absolute atomic E-state index is 0. The van der Waals surface area contributed by atoms with Gasteiger partial charge in [-0.15, -0.1) is 197 Å². The van der Waals surface area contributed by atoms with E-state index >= 15 is 0 Å². The SMILES string of the molecule is Cc1cccnc1-c1[c-]cccc1.Cc1ccnc(-c2[c-]cccc2)c1.O=P(c1ccccc1)(c1ccccc1)c1cc[c-]c(-c2ccc(-c3ccccc3)cn2)c1.O=P(c1ccccc1)(c1ccccc1)c1cc[c-]c(-c2ccc(-c3ccccc3)cn2)c1.O=P(c1ccccc1)(c1ccccc1)c1cc[c-]c(-c2ccc(-c3ccccc3)cn2)c1.[2H]C([2H])([2H])c1ccc(-c2[c-]cccc2)nc1.[Ir].[Ir].[Ir]. The molecule has 0 aliphatic rings. The number of rotatable bonds is 18. The summed E-state index contributed by atoms with van der Waals surface area (Å²) in [5.74, 6) is 0. The van der Waals surface area contributed by atoms with Crippen molar-refractivity contribution in [3.8, 4) is 101 Å². The van der Waals surface area contributed by atoms with Crippen LogP contribution in [-0.2, 0) is 74.0 Å². The average Bonchev–Trinajstić information content (AvgIpc) is 0.768. The Morgan fingerprint density at radius 3 is 0.783 bits per heavy atom. The molecule has 0 aliphatic carbocycles. The maximum absolute atomic E-state index is 14.6. The third-order valence-electron chi connectivity index (χ3n) is 22.2. The molecular formula is C123H93Ir3N6O3P3-6. The Kier molecular flexibility index (Phi) is 35.5. The number of aromatic nitrogens is 6. The van der Waals surface area contributed by atoms with Gasteiger partial charge in [0.15, 0.2) is 21.4 Å². The first kappa shape index (κ1) is 96.9. The Hall–Kier alpha value is -14.2. The molecule has 3 radical (unpaired) electrons. The predicted octanol–water partition coefficient (Wildman–Crippen LogP) is 26.1. The van der Waals surface area contributed by atoms with Crippen molar-refractivity contribution < 1.29 is 78.1 Å². The third-order valence-corrected chi connectivity index (χ3v) is 31.4. The van der Waals surface area contributed by atoms with E-state index in [1.54, 1.807) is 18.2 Å². The molecule has 681 valence electrons. The number of hydrogen-bond donors (Lipinski definition) is 0. The predicted molar refractivity (Wildman–Crippen MR) is 560 cm³/mol. The number of pyridine rings is 6. The van der Waals surface area contributed by atoms with Crippen molar-refractivity contribution in [3.05, 3.63) is 563 Å². The van der Waals surface area contributed by atoms with Gasteiger partial charge in [-0.25, -0.2) is 0 Å².